The van der Waals surface area contributed by atoms with Gasteiger partial charge in [0, 0.05) is 11.1 Å². The zero-order valence-corrected chi connectivity index (χ0v) is 11.3. The summed E-state index contributed by atoms with van der Waals surface area (Å²) >= 11 is 0. The van der Waals surface area contributed by atoms with Gasteiger partial charge in [-0.15, -0.1) is 0 Å². The van der Waals surface area contributed by atoms with Crippen molar-refractivity contribution in [3.63, 3.8) is 0 Å². The van der Waals surface area contributed by atoms with E-state index in [9.17, 15) is 0 Å². The van der Waals surface area contributed by atoms with Crippen molar-refractivity contribution in [2.45, 2.75) is 51.6 Å². The highest BCUT2D eigenvalue weighted by molar-refractivity contribution is 5.04. The average Bonchev–Trinajstić information content (AvgIpc) is 2.14. The van der Waals surface area contributed by atoms with Crippen LogP contribution in [0.2, 0.25) is 0 Å². The molecular weight excluding hydrogens is 172 g/mol. The Balaban J connectivity index is 5.15. The first kappa shape index (κ1) is 13.9. The van der Waals surface area contributed by atoms with E-state index in [1.165, 1.54) is 12.8 Å². The minimum atomic E-state index is 0.227. The lowest BCUT2D eigenvalue weighted by Crippen LogP contribution is -2.64. The van der Waals surface area contributed by atoms with Gasteiger partial charge in [-0.25, -0.2) is 0 Å². The van der Waals surface area contributed by atoms with E-state index >= 15 is 0 Å². The highest BCUT2D eigenvalue weighted by atomic mass is 15.3. The molecular formula is C12H28N2. The molecule has 0 rings (SSSR count). The average molecular weight is 200 g/mol. The number of likely N-dealkylation sites (N-methyl/N-ethyl adjacent to an activating group) is 2. The minimum absolute atomic E-state index is 0.227. The van der Waals surface area contributed by atoms with Gasteiger partial charge >= 0.3 is 0 Å². The van der Waals surface area contributed by atoms with Crippen LogP contribution in [0.5, 0.6) is 0 Å². The third-order valence-electron chi connectivity index (χ3n) is 4.51. The van der Waals surface area contributed by atoms with Crippen molar-refractivity contribution in [2.75, 3.05) is 28.2 Å². The fourth-order valence-electron chi connectivity index (χ4n) is 2.36. The predicted molar refractivity (Wildman–Crippen MR) is 64.8 cm³/mol. The Morgan fingerprint density at radius 2 is 0.929 bits per heavy atom. The van der Waals surface area contributed by atoms with Gasteiger partial charge in [-0.1, -0.05) is 13.8 Å². The summed E-state index contributed by atoms with van der Waals surface area (Å²) < 4.78 is 0. The highest BCUT2D eigenvalue weighted by Gasteiger charge is 2.45. The van der Waals surface area contributed by atoms with Crippen molar-refractivity contribution >= 4 is 0 Å². The van der Waals surface area contributed by atoms with Crippen molar-refractivity contribution in [2.24, 2.45) is 0 Å². The molecule has 0 N–H and O–H groups in total. The zero-order valence-electron chi connectivity index (χ0n) is 11.3. The fraction of sp³-hybridized carbons (Fsp3) is 1.00. The number of rotatable bonds is 5. The minimum Gasteiger partial charge on any atom is -0.302 e. The molecule has 0 aromatic rings. The first-order chi connectivity index (χ1) is 6.26. The van der Waals surface area contributed by atoms with Crippen molar-refractivity contribution < 1.29 is 0 Å². The molecule has 2 unspecified atom stereocenters. The van der Waals surface area contributed by atoms with Crippen molar-refractivity contribution in [3.8, 4) is 0 Å². The molecule has 0 aliphatic heterocycles. The smallest absolute Gasteiger partial charge is 0.0353 e. The normalized spacial score (nSPS) is 21.0. The van der Waals surface area contributed by atoms with Crippen LogP contribution in [-0.2, 0) is 0 Å². The first-order valence-corrected chi connectivity index (χ1v) is 5.61. The number of hydrogen-bond donors (Lipinski definition) is 0. The van der Waals surface area contributed by atoms with Crippen molar-refractivity contribution in [1.82, 2.24) is 9.80 Å². The lowest BCUT2D eigenvalue weighted by molar-refractivity contribution is -0.0163. The Morgan fingerprint density at radius 1 is 0.714 bits per heavy atom. The molecule has 14 heavy (non-hydrogen) atoms. The molecule has 0 aromatic heterocycles. The maximum absolute atomic E-state index is 2.36. The third-order valence-corrected chi connectivity index (χ3v) is 4.51. The maximum Gasteiger partial charge on any atom is 0.0353 e. The van der Waals surface area contributed by atoms with Gasteiger partial charge in [-0.2, -0.15) is 0 Å². The summed E-state index contributed by atoms with van der Waals surface area (Å²) in [6.07, 6.45) is 2.34. The number of hydrogen-bond acceptors (Lipinski definition) is 2. The molecule has 0 fully saturated rings. The van der Waals surface area contributed by atoms with E-state index < -0.39 is 0 Å². The maximum atomic E-state index is 2.36. The summed E-state index contributed by atoms with van der Waals surface area (Å²) in [7, 11) is 8.73. The van der Waals surface area contributed by atoms with Gasteiger partial charge in [-0.05, 0) is 54.9 Å². The summed E-state index contributed by atoms with van der Waals surface area (Å²) in [4.78, 5) is 4.72. The molecule has 86 valence electrons. The first-order valence-electron chi connectivity index (χ1n) is 5.61. The van der Waals surface area contributed by atoms with E-state index in [0.29, 0.717) is 0 Å². The van der Waals surface area contributed by atoms with Crippen LogP contribution in [0.25, 0.3) is 0 Å². The quantitative estimate of drug-likeness (QED) is 0.672. The van der Waals surface area contributed by atoms with E-state index in [2.05, 4.69) is 65.7 Å². The van der Waals surface area contributed by atoms with E-state index in [0.717, 1.165) is 0 Å². The molecule has 0 bridgehead atoms. The Labute approximate surface area is 90.3 Å². The monoisotopic (exact) mass is 200 g/mol. The summed E-state index contributed by atoms with van der Waals surface area (Å²) in [5.41, 5.74) is 0.455. The van der Waals surface area contributed by atoms with Gasteiger partial charge in [0.2, 0.25) is 0 Å². The van der Waals surface area contributed by atoms with Gasteiger partial charge in [-0.3, -0.25) is 0 Å². The van der Waals surface area contributed by atoms with E-state index in [4.69, 9.17) is 0 Å². The van der Waals surface area contributed by atoms with E-state index in [1.807, 2.05) is 0 Å². The second kappa shape index (κ2) is 4.63. The Kier molecular flexibility index (Phi) is 4.60. The molecule has 2 heteroatoms. The predicted octanol–water partition coefficient (Wildman–Crippen LogP) is 2.45. The molecule has 0 aliphatic rings. The van der Waals surface area contributed by atoms with Crippen molar-refractivity contribution in [1.29, 1.82) is 0 Å². The Bertz CT molecular complexity index is 157. The zero-order chi connectivity index (χ0) is 11.6. The molecule has 0 radical (unpaired) electrons. The second-order valence-corrected chi connectivity index (χ2v) is 5.04. The van der Waals surface area contributed by atoms with Gasteiger partial charge < -0.3 is 9.80 Å². The van der Waals surface area contributed by atoms with Gasteiger partial charge in [0.1, 0.15) is 0 Å². The molecule has 0 heterocycles. The third kappa shape index (κ3) is 1.96. The van der Waals surface area contributed by atoms with Gasteiger partial charge in [0.15, 0.2) is 0 Å². The van der Waals surface area contributed by atoms with E-state index in [-0.39, 0.29) is 11.1 Å². The van der Waals surface area contributed by atoms with Gasteiger partial charge in [0.25, 0.3) is 0 Å². The molecule has 2 nitrogen and oxygen atoms in total. The van der Waals surface area contributed by atoms with Crippen LogP contribution in [0.15, 0.2) is 0 Å². The van der Waals surface area contributed by atoms with Gasteiger partial charge in [0.05, 0.1) is 0 Å². The Morgan fingerprint density at radius 3 is 1.00 bits per heavy atom. The lowest BCUT2D eigenvalue weighted by Gasteiger charge is -2.54. The second-order valence-electron chi connectivity index (χ2n) is 5.04. The van der Waals surface area contributed by atoms with E-state index in [1.54, 1.807) is 0 Å². The van der Waals surface area contributed by atoms with Crippen LogP contribution in [-0.4, -0.2) is 49.1 Å². The largest absolute Gasteiger partial charge is 0.302 e. The van der Waals surface area contributed by atoms with Crippen LogP contribution >= 0.6 is 0 Å². The van der Waals surface area contributed by atoms with Crippen LogP contribution < -0.4 is 0 Å². The Hall–Kier alpha value is -0.0800. The topological polar surface area (TPSA) is 6.48 Å². The van der Waals surface area contributed by atoms with Crippen LogP contribution in [0, 0.1) is 0 Å². The standard InChI is InChI=1S/C12H28N2/c1-9-11(3,13(5)6)12(4,10-2)14(7)8/h9-10H2,1-8H3. The summed E-state index contributed by atoms with van der Waals surface area (Å²) in [5.74, 6) is 0. The summed E-state index contributed by atoms with van der Waals surface area (Å²) in [6, 6.07) is 0. The molecule has 0 saturated carbocycles. The summed E-state index contributed by atoms with van der Waals surface area (Å²) in [5, 5.41) is 0. The molecule has 0 amide bonds. The molecule has 0 aliphatic carbocycles. The SMILES string of the molecule is CCC(C)(N(C)C)C(C)(CC)N(C)C. The lowest BCUT2D eigenvalue weighted by atomic mass is 9.73. The molecule has 0 saturated heterocycles. The van der Waals surface area contributed by atoms with Crippen LogP contribution in [0.3, 0.4) is 0 Å². The van der Waals surface area contributed by atoms with Crippen molar-refractivity contribution in [3.05, 3.63) is 0 Å². The van der Waals surface area contributed by atoms with Crippen LogP contribution in [0.1, 0.15) is 40.5 Å². The van der Waals surface area contributed by atoms with Crippen LogP contribution in [0.4, 0.5) is 0 Å². The summed E-state index contributed by atoms with van der Waals surface area (Å²) in [6.45, 7) is 9.27. The fourth-order valence-corrected chi connectivity index (χ4v) is 2.36. The molecule has 0 spiro atoms. The molecule has 0 aromatic carbocycles. The highest BCUT2D eigenvalue weighted by Crippen LogP contribution is 2.36. The number of nitrogens with zero attached hydrogens (tertiary/aromatic N) is 2. The molecule has 2 atom stereocenters.